The van der Waals surface area contributed by atoms with Crippen molar-refractivity contribution in [3.05, 3.63) is 22.7 Å². The van der Waals surface area contributed by atoms with Crippen molar-refractivity contribution in [2.24, 2.45) is 11.7 Å². The molecule has 5 nitrogen and oxygen atoms in total. The van der Waals surface area contributed by atoms with E-state index in [0.29, 0.717) is 23.8 Å². The largest absolute Gasteiger partial charge is 0.398 e. The predicted molar refractivity (Wildman–Crippen MR) is 85.3 cm³/mol. The number of nitrogens with two attached hydrogens (primary N) is 2. The summed E-state index contributed by atoms with van der Waals surface area (Å²) in [5, 5.41) is 0.607. The zero-order valence-electron chi connectivity index (χ0n) is 12.2. The summed E-state index contributed by atoms with van der Waals surface area (Å²) >= 11 is 6.16. The highest BCUT2D eigenvalue weighted by Crippen LogP contribution is 2.35. The molecule has 0 spiro atoms. The fraction of sp³-hybridized carbons (Fsp3) is 0.533. The molecule has 1 aromatic rings. The van der Waals surface area contributed by atoms with E-state index in [9.17, 15) is 4.79 Å². The number of fused-ring (bicyclic) bond motifs is 4. The number of benzene rings is 1. The lowest BCUT2D eigenvalue weighted by Gasteiger charge is -2.32. The Balaban J connectivity index is 2.00. The summed E-state index contributed by atoms with van der Waals surface area (Å²) in [6, 6.07) is 3.90. The number of halogens is 1. The maximum atomic E-state index is 12.3. The van der Waals surface area contributed by atoms with Crippen molar-refractivity contribution < 1.29 is 4.79 Å². The quantitative estimate of drug-likeness (QED) is 0.811. The SMILES string of the molecule is CN1C(=O)[C@@H]2CC[C@H]1CN(c1cc(Cl)cc(N)c1CN)C2. The molecule has 4 N–H and O–H groups in total. The molecule has 3 saturated heterocycles. The molecular formula is C15H21ClN4O. The van der Waals surface area contributed by atoms with Crippen LogP contribution in [-0.4, -0.2) is 37.0 Å². The Morgan fingerprint density at radius 2 is 2.10 bits per heavy atom. The van der Waals surface area contributed by atoms with Crippen LogP contribution in [0.5, 0.6) is 0 Å². The van der Waals surface area contributed by atoms with Crippen LogP contribution >= 0.6 is 11.6 Å². The minimum atomic E-state index is 0.0552. The van der Waals surface area contributed by atoms with Gasteiger partial charge in [0.25, 0.3) is 0 Å². The van der Waals surface area contributed by atoms with E-state index in [1.165, 1.54) is 0 Å². The number of carbonyl (C=O) groups excluding carboxylic acids is 1. The van der Waals surface area contributed by atoms with Gasteiger partial charge in [0.2, 0.25) is 5.91 Å². The molecule has 3 aliphatic rings. The zero-order valence-corrected chi connectivity index (χ0v) is 12.9. The van der Waals surface area contributed by atoms with Gasteiger partial charge in [0.1, 0.15) is 0 Å². The fourth-order valence-corrected chi connectivity index (χ4v) is 3.72. The highest BCUT2D eigenvalue weighted by Gasteiger charge is 2.39. The lowest BCUT2D eigenvalue weighted by Crippen LogP contribution is -2.45. The van der Waals surface area contributed by atoms with E-state index >= 15 is 0 Å². The molecule has 114 valence electrons. The van der Waals surface area contributed by atoms with E-state index < -0.39 is 0 Å². The van der Waals surface area contributed by atoms with E-state index in [2.05, 4.69) is 4.90 Å². The van der Waals surface area contributed by atoms with E-state index in [4.69, 9.17) is 23.1 Å². The molecule has 3 aliphatic heterocycles. The van der Waals surface area contributed by atoms with E-state index in [1.807, 2.05) is 18.0 Å². The first kappa shape index (κ1) is 14.5. The number of hydrogen-bond donors (Lipinski definition) is 2. The Kier molecular flexibility index (Phi) is 3.71. The molecule has 3 heterocycles. The van der Waals surface area contributed by atoms with Crippen molar-refractivity contribution >= 4 is 28.9 Å². The number of anilines is 2. The van der Waals surface area contributed by atoms with Gasteiger partial charge in [-0.15, -0.1) is 0 Å². The number of amides is 1. The highest BCUT2D eigenvalue weighted by atomic mass is 35.5. The molecule has 6 heteroatoms. The summed E-state index contributed by atoms with van der Waals surface area (Å²) in [5.41, 5.74) is 14.4. The van der Waals surface area contributed by atoms with Gasteiger partial charge in [-0.25, -0.2) is 0 Å². The standard InChI is InChI=1S/C15H21ClN4O/c1-19-11-3-2-9(15(19)21)7-20(8-11)14-5-10(16)4-13(18)12(14)6-17/h4-5,9,11H,2-3,6-8,17-18H2,1H3/t9-,11+/m1/s1. The normalized spacial score (nSPS) is 25.4. The van der Waals surface area contributed by atoms with Crippen LogP contribution in [0.4, 0.5) is 11.4 Å². The summed E-state index contributed by atoms with van der Waals surface area (Å²) < 4.78 is 0. The molecule has 0 saturated carbocycles. The molecule has 4 rings (SSSR count). The molecule has 0 aromatic heterocycles. The van der Waals surface area contributed by atoms with Gasteiger partial charge in [-0.2, -0.15) is 0 Å². The van der Waals surface area contributed by atoms with Crippen LogP contribution in [0.1, 0.15) is 18.4 Å². The van der Waals surface area contributed by atoms with Crippen molar-refractivity contribution in [1.29, 1.82) is 0 Å². The van der Waals surface area contributed by atoms with Crippen molar-refractivity contribution in [2.45, 2.75) is 25.4 Å². The summed E-state index contributed by atoms with van der Waals surface area (Å²) in [5.74, 6) is 0.303. The van der Waals surface area contributed by atoms with Crippen LogP contribution in [0.3, 0.4) is 0 Å². The number of hydrogen-bond acceptors (Lipinski definition) is 4. The summed E-state index contributed by atoms with van der Waals surface area (Å²) in [7, 11) is 1.90. The van der Waals surface area contributed by atoms with Gasteiger partial charge >= 0.3 is 0 Å². The first-order valence-electron chi connectivity index (χ1n) is 7.31. The van der Waals surface area contributed by atoms with Gasteiger partial charge in [-0.3, -0.25) is 4.79 Å². The first-order chi connectivity index (χ1) is 10.0. The van der Waals surface area contributed by atoms with Crippen LogP contribution in [0, 0.1) is 5.92 Å². The van der Waals surface area contributed by atoms with Gasteiger partial charge in [0.05, 0.1) is 5.92 Å². The number of carbonyl (C=O) groups is 1. The third-order valence-corrected chi connectivity index (χ3v) is 4.95. The second-order valence-corrected chi connectivity index (χ2v) is 6.42. The highest BCUT2D eigenvalue weighted by molar-refractivity contribution is 6.31. The zero-order chi connectivity index (χ0) is 15.1. The molecule has 21 heavy (non-hydrogen) atoms. The average Bonchev–Trinajstić information content (AvgIpc) is 2.72. The van der Waals surface area contributed by atoms with Crippen LogP contribution in [0.2, 0.25) is 5.02 Å². The van der Waals surface area contributed by atoms with Crippen LogP contribution in [0.25, 0.3) is 0 Å². The van der Waals surface area contributed by atoms with E-state index in [-0.39, 0.29) is 17.9 Å². The Labute approximate surface area is 129 Å². The second-order valence-electron chi connectivity index (χ2n) is 5.98. The molecule has 3 fully saturated rings. The van der Waals surface area contributed by atoms with Gasteiger partial charge in [-0.05, 0) is 25.0 Å². The average molecular weight is 309 g/mol. The summed E-state index contributed by atoms with van der Waals surface area (Å²) in [6.07, 6.45) is 2.01. The minimum absolute atomic E-state index is 0.0552. The van der Waals surface area contributed by atoms with Crippen LogP contribution in [-0.2, 0) is 11.3 Å². The monoisotopic (exact) mass is 308 g/mol. The smallest absolute Gasteiger partial charge is 0.227 e. The lowest BCUT2D eigenvalue weighted by atomic mass is 9.95. The third kappa shape index (κ3) is 2.45. The Morgan fingerprint density at radius 3 is 2.81 bits per heavy atom. The lowest BCUT2D eigenvalue weighted by molar-refractivity contribution is -0.138. The van der Waals surface area contributed by atoms with Crippen molar-refractivity contribution in [1.82, 2.24) is 4.90 Å². The molecular weight excluding hydrogens is 288 g/mol. The maximum absolute atomic E-state index is 12.3. The van der Waals surface area contributed by atoms with E-state index in [0.717, 1.165) is 30.6 Å². The third-order valence-electron chi connectivity index (χ3n) is 4.74. The Hall–Kier alpha value is -1.46. The number of piperidine rings is 1. The molecule has 1 aromatic carbocycles. The molecule has 0 unspecified atom stereocenters. The summed E-state index contributed by atoms with van der Waals surface area (Å²) in [4.78, 5) is 16.4. The minimum Gasteiger partial charge on any atom is -0.398 e. The molecule has 2 atom stereocenters. The Morgan fingerprint density at radius 1 is 1.33 bits per heavy atom. The first-order valence-corrected chi connectivity index (χ1v) is 7.68. The van der Waals surface area contributed by atoms with Crippen LogP contribution < -0.4 is 16.4 Å². The molecule has 1 amide bonds. The van der Waals surface area contributed by atoms with Gasteiger partial charge in [0.15, 0.2) is 0 Å². The predicted octanol–water partition coefficient (Wildman–Crippen LogP) is 1.44. The van der Waals surface area contributed by atoms with Crippen molar-refractivity contribution in [3.63, 3.8) is 0 Å². The maximum Gasteiger partial charge on any atom is 0.227 e. The van der Waals surface area contributed by atoms with Gasteiger partial charge in [0, 0.05) is 54.7 Å². The molecule has 2 bridgehead atoms. The number of nitrogens with zero attached hydrogens (tertiary/aromatic N) is 2. The Bertz CT molecular complexity index is 577. The van der Waals surface area contributed by atoms with Crippen LogP contribution in [0.15, 0.2) is 12.1 Å². The summed E-state index contributed by atoms with van der Waals surface area (Å²) in [6.45, 7) is 1.89. The molecule has 0 aliphatic carbocycles. The second kappa shape index (κ2) is 5.39. The van der Waals surface area contributed by atoms with Crippen molar-refractivity contribution in [2.75, 3.05) is 30.8 Å². The fourth-order valence-electron chi connectivity index (χ4n) is 3.50. The van der Waals surface area contributed by atoms with Gasteiger partial charge in [-0.1, -0.05) is 11.6 Å². The van der Waals surface area contributed by atoms with Gasteiger partial charge < -0.3 is 21.3 Å². The van der Waals surface area contributed by atoms with E-state index in [1.54, 1.807) is 6.07 Å². The number of rotatable bonds is 2. The number of nitrogen functional groups attached to an aromatic ring is 1. The number of likely N-dealkylation sites (N-methyl/N-ethyl adjacent to an activating group) is 1. The topological polar surface area (TPSA) is 75.6 Å². The van der Waals surface area contributed by atoms with Crippen molar-refractivity contribution in [3.8, 4) is 0 Å². The molecule has 0 radical (unpaired) electrons.